The summed E-state index contributed by atoms with van der Waals surface area (Å²) in [6.07, 6.45) is 0. The first-order valence-electron chi connectivity index (χ1n) is 5.62. The molecule has 0 unspecified atom stereocenters. The normalized spacial score (nSPS) is 10.3. The molecule has 4 heteroatoms. The van der Waals surface area contributed by atoms with Gasteiger partial charge in [0.2, 0.25) is 0 Å². The number of anilines is 1. The second-order valence-corrected chi connectivity index (χ2v) is 5.78. The maximum Gasteiger partial charge on any atom is 0.0417 e. The highest BCUT2D eigenvalue weighted by molar-refractivity contribution is 7.99. The minimum absolute atomic E-state index is 0.758. The van der Waals surface area contributed by atoms with Crippen LogP contribution in [0.15, 0.2) is 53.4 Å². The van der Waals surface area contributed by atoms with Crippen molar-refractivity contribution in [1.29, 1.82) is 0 Å². The Bertz CT molecular complexity index is 499. The van der Waals surface area contributed by atoms with Gasteiger partial charge < -0.3 is 5.32 Å². The van der Waals surface area contributed by atoms with Gasteiger partial charge in [0.25, 0.3) is 0 Å². The molecule has 0 saturated heterocycles. The van der Waals surface area contributed by atoms with Crippen molar-refractivity contribution in [3.05, 3.63) is 58.6 Å². The summed E-state index contributed by atoms with van der Waals surface area (Å²) in [6, 6.07) is 15.6. The Morgan fingerprint density at radius 1 is 0.944 bits per heavy atom. The Hall–Kier alpha value is -0.830. The van der Waals surface area contributed by atoms with Gasteiger partial charge in [0.05, 0.1) is 0 Å². The number of thioether (sulfide) groups is 1. The number of hydrogen-bond acceptors (Lipinski definition) is 2. The van der Waals surface area contributed by atoms with Crippen molar-refractivity contribution in [3.63, 3.8) is 0 Å². The van der Waals surface area contributed by atoms with Crippen LogP contribution in [-0.4, -0.2) is 12.3 Å². The number of nitrogens with one attached hydrogen (secondary N) is 1. The maximum absolute atomic E-state index is 5.93. The minimum atomic E-state index is 0.758. The van der Waals surface area contributed by atoms with Gasteiger partial charge in [-0.3, -0.25) is 0 Å². The van der Waals surface area contributed by atoms with Crippen LogP contribution >= 0.6 is 35.0 Å². The van der Waals surface area contributed by atoms with Crippen LogP contribution in [0.25, 0.3) is 0 Å². The maximum atomic E-state index is 5.93. The second kappa shape index (κ2) is 6.93. The van der Waals surface area contributed by atoms with Crippen molar-refractivity contribution < 1.29 is 0 Å². The van der Waals surface area contributed by atoms with Gasteiger partial charge in [-0.25, -0.2) is 0 Å². The fourth-order valence-corrected chi connectivity index (χ4v) is 2.69. The molecule has 0 radical (unpaired) electrons. The van der Waals surface area contributed by atoms with Gasteiger partial charge in [-0.05, 0) is 42.5 Å². The van der Waals surface area contributed by atoms with Crippen molar-refractivity contribution >= 4 is 40.7 Å². The second-order valence-electron chi connectivity index (χ2n) is 3.74. The van der Waals surface area contributed by atoms with E-state index in [-0.39, 0.29) is 0 Å². The molecular weight excluding hydrogens is 285 g/mol. The van der Waals surface area contributed by atoms with E-state index in [1.54, 1.807) is 11.8 Å². The van der Waals surface area contributed by atoms with E-state index in [1.807, 2.05) is 42.5 Å². The van der Waals surface area contributed by atoms with Crippen molar-refractivity contribution in [3.8, 4) is 0 Å². The van der Waals surface area contributed by atoms with E-state index < -0.39 is 0 Å². The Balaban J connectivity index is 1.74. The molecule has 0 aliphatic rings. The predicted octanol–water partition coefficient (Wildman–Crippen LogP) is 5.20. The van der Waals surface area contributed by atoms with Gasteiger partial charge in [0.1, 0.15) is 0 Å². The molecule has 2 rings (SSSR count). The third kappa shape index (κ3) is 4.45. The summed E-state index contributed by atoms with van der Waals surface area (Å²) in [5.41, 5.74) is 1.09. The summed E-state index contributed by atoms with van der Waals surface area (Å²) in [7, 11) is 0. The highest BCUT2D eigenvalue weighted by atomic mass is 35.5. The molecule has 0 bridgehead atoms. The summed E-state index contributed by atoms with van der Waals surface area (Å²) in [5.74, 6) is 0.989. The summed E-state index contributed by atoms with van der Waals surface area (Å²) >= 11 is 13.5. The van der Waals surface area contributed by atoms with E-state index in [4.69, 9.17) is 23.2 Å². The average Bonchev–Trinajstić information content (AvgIpc) is 2.37. The first-order chi connectivity index (χ1) is 8.74. The standard InChI is InChI=1S/C14H13Cl2NS/c15-11-4-6-13(7-5-11)17-8-9-18-14-3-1-2-12(16)10-14/h1-7,10,17H,8-9H2. The van der Waals surface area contributed by atoms with E-state index in [2.05, 4.69) is 11.4 Å². The molecule has 1 nitrogen and oxygen atoms in total. The lowest BCUT2D eigenvalue weighted by Gasteiger charge is -2.06. The molecule has 94 valence electrons. The quantitative estimate of drug-likeness (QED) is 0.601. The van der Waals surface area contributed by atoms with E-state index >= 15 is 0 Å². The Morgan fingerprint density at radius 2 is 1.72 bits per heavy atom. The number of rotatable bonds is 5. The van der Waals surface area contributed by atoms with Crippen LogP contribution < -0.4 is 5.32 Å². The first-order valence-corrected chi connectivity index (χ1v) is 7.36. The van der Waals surface area contributed by atoms with Crippen LogP contribution in [0.3, 0.4) is 0 Å². The summed E-state index contributed by atoms with van der Waals surface area (Å²) < 4.78 is 0. The molecule has 2 aromatic carbocycles. The topological polar surface area (TPSA) is 12.0 Å². The third-order valence-electron chi connectivity index (χ3n) is 2.34. The largest absolute Gasteiger partial charge is 0.384 e. The smallest absolute Gasteiger partial charge is 0.0417 e. The zero-order valence-electron chi connectivity index (χ0n) is 9.70. The highest BCUT2D eigenvalue weighted by Crippen LogP contribution is 2.21. The number of benzene rings is 2. The molecule has 0 fully saturated rings. The van der Waals surface area contributed by atoms with Crippen molar-refractivity contribution in [2.45, 2.75) is 4.90 Å². The van der Waals surface area contributed by atoms with E-state index in [0.717, 1.165) is 28.0 Å². The fraction of sp³-hybridized carbons (Fsp3) is 0.143. The third-order valence-corrected chi connectivity index (χ3v) is 3.82. The molecule has 0 spiro atoms. The molecule has 0 aliphatic heterocycles. The molecule has 0 aromatic heterocycles. The molecule has 0 aliphatic carbocycles. The van der Waals surface area contributed by atoms with E-state index in [0.29, 0.717) is 0 Å². The molecular formula is C14H13Cl2NS. The van der Waals surface area contributed by atoms with Crippen LogP contribution in [0.2, 0.25) is 10.0 Å². The summed E-state index contributed by atoms with van der Waals surface area (Å²) in [6.45, 7) is 0.902. The van der Waals surface area contributed by atoms with Gasteiger partial charge >= 0.3 is 0 Å². The zero-order valence-corrected chi connectivity index (χ0v) is 12.0. The molecule has 0 saturated carbocycles. The summed E-state index contributed by atoms with van der Waals surface area (Å²) in [4.78, 5) is 1.19. The van der Waals surface area contributed by atoms with Crippen molar-refractivity contribution in [2.24, 2.45) is 0 Å². The molecule has 2 aromatic rings. The van der Waals surface area contributed by atoms with Gasteiger partial charge in [-0.1, -0.05) is 29.3 Å². The number of hydrogen-bond donors (Lipinski definition) is 1. The van der Waals surface area contributed by atoms with Crippen LogP contribution in [-0.2, 0) is 0 Å². The van der Waals surface area contributed by atoms with E-state index in [9.17, 15) is 0 Å². The molecule has 18 heavy (non-hydrogen) atoms. The molecule has 0 amide bonds. The lowest BCUT2D eigenvalue weighted by Crippen LogP contribution is -2.03. The lowest BCUT2D eigenvalue weighted by molar-refractivity contribution is 1.22. The highest BCUT2D eigenvalue weighted by Gasteiger charge is 1.96. The molecule has 1 N–H and O–H groups in total. The molecule has 0 atom stereocenters. The fourth-order valence-electron chi connectivity index (χ4n) is 1.49. The van der Waals surface area contributed by atoms with Gasteiger partial charge in [-0.15, -0.1) is 11.8 Å². The van der Waals surface area contributed by atoms with Crippen LogP contribution in [0.1, 0.15) is 0 Å². The SMILES string of the molecule is Clc1ccc(NCCSc2cccc(Cl)c2)cc1. The van der Waals surface area contributed by atoms with E-state index in [1.165, 1.54) is 4.90 Å². The minimum Gasteiger partial charge on any atom is -0.384 e. The lowest BCUT2D eigenvalue weighted by atomic mass is 10.3. The first kappa shape index (κ1) is 13.6. The summed E-state index contributed by atoms with van der Waals surface area (Å²) in [5, 5.41) is 4.89. The van der Waals surface area contributed by atoms with Crippen LogP contribution in [0.5, 0.6) is 0 Å². The predicted molar refractivity (Wildman–Crippen MR) is 82.1 cm³/mol. The number of halogens is 2. The Kier molecular flexibility index (Phi) is 5.24. The van der Waals surface area contributed by atoms with Gasteiger partial charge in [-0.2, -0.15) is 0 Å². The average molecular weight is 298 g/mol. The van der Waals surface area contributed by atoms with Crippen LogP contribution in [0.4, 0.5) is 5.69 Å². The molecule has 0 heterocycles. The van der Waals surface area contributed by atoms with Gasteiger partial charge in [0.15, 0.2) is 0 Å². The van der Waals surface area contributed by atoms with Gasteiger partial charge in [0, 0.05) is 32.9 Å². The van der Waals surface area contributed by atoms with Crippen molar-refractivity contribution in [1.82, 2.24) is 0 Å². The van der Waals surface area contributed by atoms with Crippen molar-refractivity contribution in [2.75, 3.05) is 17.6 Å². The van der Waals surface area contributed by atoms with Crippen LogP contribution in [0, 0.1) is 0 Å². The zero-order chi connectivity index (χ0) is 12.8. The monoisotopic (exact) mass is 297 g/mol. The Morgan fingerprint density at radius 3 is 2.44 bits per heavy atom. The Labute approximate surface area is 121 Å².